The van der Waals surface area contributed by atoms with Crippen LogP contribution >= 0.6 is 24.0 Å². The summed E-state index contributed by atoms with van der Waals surface area (Å²) in [5, 5.41) is 0.701. The monoisotopic (exact) mass is 343 g/mol. The Balaban J connectivity index is 0.00000176. The van der Waals surface area contributed by atoms with Gasteiger partial charge in [0, 0.05) is 36.8 Å². The lowest BCUT2D eigenvalue weighted by Crippen LogP contribution is -2.45. The molecular weight excluding hydrogens is 325 g/mol. The summed E-state index contributed by atoms with van der Waals surface area (Å²) in [4.78, 5) is 6.81. The van der Waals surface area contributed by atoms with Crippen molar-refractivity contribution in [3.63, 3.8) is 0 Å². The fourth-order valence-electron chi connectivity index (χ4n) is 2.40. The van der Waals surface area contributed by atoms with Gasteiger partial charge in [0.1, 0.15) is 6.26 Å². The van der Waals surface area contributed by atoms with Gasteiger partial charge in [-0.15, -0.1) is 12.4 Å². The summed E-state index contributed by atoms with van der Waals surface area (Å²) in [5.41, 5.74) is 7.49. The minimum Gasteiger partial charge on any atom is -0.444 e. The van der Waals surface area contributed by atoms with Crippen molar-refractivity contribution in [2.24, 2.45) is 5.73 Å². The fourth-order valence-corrected chi connectivity index (χ4v) is 2.53. The smallest absolute Gasteiger partial charge is 0.226 e. The van der Waals surface area contributed by atoms with E-state index in [1.807, 2.05) is 24.3 Å². The predicted molar refractivity (Wildman–Crippen MR) is 88.3 cm³/mol. The summed E-state index contributed by atoms with van der Waals surface area (Å²) >= 11 is 5.88. The number of oxazole rings is 1. The first-order valence-corrected chi connectivity index (χ1v) is 7.37. The molecule has 1 aromatic heterocycles. The number of hydrogen-bond acceptors (Lipinski definition) is 5. The van der Waals surface area contributed by atoms with Crippen molar-refractivity contribution in [2.75, 3.05) is 26.2 Å². The molecule has 1 unspecified atom stereocenters. The standard InChI is InChI=1S/C15H18ClN3O2.ClH/c16-12-3-1-11(2-4-12)15-18-13(10-21-15)8-19-5-6-20-14(7-17)9-19;/h1-4,10,14H,5-9,17H2;1H. The molecule has 2 aromatic rings. The summed E-state index contributed by atoms with van der Waals surface area (Å²) < 4.78 is 11.1. The van der Waals surface area contributed by atoms with Gasteiger partial charge in [-0.1, -0.05) is 11.6 Å². The third-order valence-electron chi connectivity index (χ3n) is 3.51. The number of nitrogens with two attached hydrogens (primary N) is 1. The van der Waals surface area contributed by atoms with Crippen molar-refractivity contribution in [3.8, 4) is 11.5 Å². The van der Waals surface area contributed by atoms with E-state index in [9.17, 15) is 0 Å². The van der Waals surface area contributed by atoms with E-state index in [-0.39, 0.29) is 18.5 Å². The van der Waals surface area contributed by atoms with E-state index in [4.69, 9.17) is 26.5 Å². The minimum absolute atomic E-state index is 0. The first-order valence-electron chi connectivity index (χ1n) is 6.99. The van der Waals surface area contributed by atoms with Crippen molar-refractivity contribution < 1.29 is 9.15 Å². The second-order valence-corrected chi connectivity index (χ2v) is 5.55. The number of ether oxygens (including phenoxy) is 1. The van der Waals surface area contributed by atoms with Crippen LogP contribution in [0.2, 0.25) is 5.02 Å². The van der Waals surface area contributed by atoms with Crippen LogP contribution in [-0.4, -0.2) is 42.2 Å². The lowest BCUT2D eigenvalue weighted by molar-refractivity contribution is -0.0264. The highest BCUT2D eigenvalue weighted by atomic mass is 35.5. The molecule has 5 nitrogen and oxygen atoms in total. The molecule has 7 heteroatoms. The molecule has 120 valence electrons. The van der Waals surface area contributed by atoms with Gasteiger partial charge in [-0.25, -0.2) is 4.98 Å². The van der Waals surface area contributed by atoms with Gasteiger partial charge in [0.15, 0.2) is 0 Å². The van der Waals surface area contributed by atoms with E-state index < -0.39 is 0 Å². The maximum Gasteiger partial charge on any atom is 0.226 e. The second kappa shape index (κ2) is 7.94. The normalized spacial score (nSPS) is 18.9. The van der Waals surface area contributed by atoms with Crippen LogP contribution in [0, 0.1) is 0 Å². The molecule has 1 saturated heterocycles. The molecule has 0 amide bonds. The third-order valence-corrected chi connectivity index (χ3v) is 3.77. The van der Waals surface area contributed by atoms with Crippen LogP contribution in [0.5, 0.6) is 0 Å². The molecule has 3 rings (SSSR count). The molecule has 0 saturated carbocycles. The molecule has 1 aromatic carbocycles. The molecule has 1 aliphatic rings. The summed E-state index contributed by atoms with van der Waals surface area (Å²) in [7, 11) is 0. The Morgan fingerprint density at radius 1 is 1.32 bits per heavy atom. The highest BCUT2D eigenvalue weighted by Gasteiger charge is 2.20. The molecular formula is C15H19Cl2N3O2. The topological polar surface area (TPSA) is 64.5 Å². The molecule has 2 heterocycles. The van der Waals surface area contributed by atoms with Gasteiger partial charge in [-0.3, -0.25) is 4.90 Å². The number of hydrogen-bond donors (Lipinski definition) is 1. The maximum atomic E-state index is 5.88. The van der Waals surface area contributed by atoms with Crippen molar-refractivity contribution in [1.82, 2.24) is 9.88 Å². The van der Waals surface area contributed by atoms with E-state index in [1.165, 1.54) is 0 Å². The molecule has 2 N–H and O–H groups in total. The zero-order chi connectivity index (χ0) is 14.7. The lowest BCUT2D eigenvalue weighted by Gasteiger charge is -2.31. The first-order chi connectivity index (χ1) is 10.2. The Bertz CT molecular complexity index is 589. The van der Waals surface area contributed by atoms with Crippen LogP contribution in [-0.2, 0) is 11.3 Å². The molecule has 0 radical (unpaired) electrons. The van der Waals surface area contributed by atoms with Crippen LogP contribution in [0.3, 0.4) is 0 Å². The van der Waals surface area contributed by atoms with Crippen molar-refractivity contribution >= 4 is 24.0 Å². The van der Waals surface area contributed by atoms with Crippen LogP contribution in [0.1, 0.15) is 5.69 Å². The van der Waals surface area contributed by atoms with E-state index in [2.05, 4.69) is 9.88 Å². The van der Waals surface area contributed by atoms with Gasteiger partial charge in [0.05, 0.1) is 18.4 Å². The quantitative estimate of drug-likeness (QED) is 0.924. The molecule has 1 atom stereocenters. The van der Waals surface area contributed by atoms with Gasteiger partial charge in [0.25, 0.3) is 0 Å². The number of benzene rings is 1. The number of aromatic nitrogens is 1. The number of halogens is 2. The van der Waals surface area contributed by atoms with Crippen molar-refractivity contribution in [2.45, 2.75) is 12.6 Å². The lowest BCUT2D eigenvalue weighted by atomic mass is 10.2. The Kier molecular flexibility index (Phi) is 6.23. The van der Waals surface area contributed by atoms with E-state index in [1.54, 1.807) is 6.26 Å². The largest absolute Gasteiger partial charge is 0.444 e. The summed E-state index contributed by atoms with van der Waals surface area (Å²) in [6.07, 6.45) is 1.82. The molecule has 0 bridgehead atoms. The predicted octanol–water partition coefficient (Wildman–Crippen LogP) is 2.58. The second-order valence-electron chi connectivity index (χ2n) is 5.11. The van der Waals surface area contributed by atoms with Gasteiger partial charge in [0.2, 0.25) is 5.89 Å². The zero-order valence-corrected chi connectivity index (χ0v) is 13.6. The highest BCUT2D eigenvalue weighted by molar-refractivity contribution is 6.30. The minimum atomic E-state index is 0. The zero-order valence-electron chi connectivity index (χ0n) is 12.1. The average molecular weight is 344 g/mol. The van der Waals surface area contributed by atoms with Crippen LogP contribution in [0.25, 0.3) is 11.5 Å². The molecule has 22 heavy (non-hydrogen) atoms. The summed E-state index contributed by atoms with van der Waals surface area (Å²) in [5.74, 6) is 0.616. The van der Waals surface area contributed by atoms with Crippen molar-refractivity contribution in [3.05, 3.63) is 41.2 Å². The summed E-state index contributed by atoms with van der Waals surface area (Å²) in [6.45, 7) is 3.73. The Morgan fingerprint density at radius 3 is 2.82 bits per heavy atom. The first kappa shape index (κ1) is 17.2. The molecule has 1 aliphatic heterocycles. The van der Waals surface area contributed by atoms with Crippen LogP contribution in [0.15, 0.2) is 34.9 Å². The molecule has 1 fully saturated rings. The fraction of sp³-hybridized carbons (Fsp3) is 0.400. The van der Waals surface area contributed by atoms with E-state index in [0.29, 0.717) is 24.1 Å². The third kappa shape index (κ3) is 4.21. The van der Waals surface area contributed by atoms with Gasteiger partial charge < -0.3 is 14.9 Å². The van der Waals surface area contributed by atoms with Crippen LogP contribution in [0.4, 0.5) is 0 Å². The summed E-state index contributed by atoms with van der Waals surface area (Å²) in [6, 6.07) is 7.46. The van der Waals surface area contributed by atoms with Gasteiger partial charge in [-0.2, -0.15) is 0 Å². The molecule has 0 spiro atoms. The SMILES string of the molecule is Cl.NCC1CN(Cc2coc(-c3ccc(Cl)cc3)n2)CCO1. The van der Waals surface area contributed by atoms with Crippen LogP contribution < -0.4 is 5.73 Å². The van der Waals surface area contributed by atoms with E-state index >= 15 is 0 Å². The Morgan fingerprint density at radius 2 is 2.09 bits per heavy atom. The van der Waals surface area contributed by atoms with Crippen molar-refractivity contribution in [1.29, 1.82) is 0 Å². The Labute approximate surface area is 140 Å². The Hall–Kier alpha value is -1.11. The van der Waals surface area contributed by atoms with Gasteiger partial charge >= 0.3 is 0 Å². The maximum absolute atomic E-state index is 5.88. The van der Waals surface area contributed by atoms with Gasteiger partial charge in [-0.05, 0) is 24.3 Å². The number of rotatable bonds is 4. The number of nitrogens with zero attached hydrogens (tertiary/aromatic N) is 2. The average Bonchev–Trinajstić information content (AvgIpc) is 2.96. The van der Waals surface area contributed by atoms with E-state index in [0.717, 1.165) is 30.9 Å². The number of morpholine rings is 1. The highest BCUT2D eigenvalue weighted by Crippen LogP contribution is 2.21. The molecule has 0 aliphatic carbocycles.